The largest absolute Gasteiger partial charge is 0.493 e. The van der Waals surface area contributed by atoms with Crippen molar-refractivity contribution in [3.8, 4) is 5.75 Å². The zero-order valence-electron chi connectivity index (χ0n) is 8.34. The van der Waals surface area contributed by atoms with Crippen molar-refractivity contribution < 1.29 is 9.53 Å². The number of benzene rings is 1. The minimum absolute atomic E-state index is 0.245. The van der Waals surface area contributed by atoms with Gasteiger partial charge in [0.05, 0.1) is 13.0 Å². The van der Waals surface area contributed by atoms with Gasteiger partial charge in [-0.25, -0.2) is 0 Å². The summed E-state index contributed by atoms with van der Waals surface area (Å²) in [6, 6.07) is 5.84. The van der Waals surface area contributed by atoms with Crippen LogP contribution in [0.15, 0.2) is 18.2 Å². The molecule has 0 amide bonds. The second-order valence-corrected chi connectivity index (χ2v) is 3.62. The van der Waals surface area contributed by atoms with Crippen molar-refractivity contribution in [2.45, 2.75) is 20.3 Å². The summed E-state index contributed by atoms with van der Waals surface area (Å²) in [5.41, 5.74) is 2.41. The van der Waals surface area contributed by atoms with E-state index in [4.69, 9.17) is 16.3 Å². The molecule has 76 valence electrons. The standard InChI is InChI=1S/C11H13ClO2/c1-8-3-4-10(7-9(8)2)14-6-5-11(12)13/h3-4,7H,5-6H2,1-2H3. The summed E-state index contributed by atoms with van der Waals surface area (Å²) >= 11 is 5.18. The summed E-state index contributed by atoms with van der Waals surface area (Å²) in [4.78, 5) is 10.4. The summed E-state index contributed by atoms with van der Waals surface area (Å²) in [5, 5.41) is -0.367. The molecule has 0 bridgehead atoms. The third-order valence-electron chi connectivity index (χ3n) is 2.05. The van der Waals surface area contributed by atoms with Gasteiger partial charge in [-0.05, 0) is 48.7 Å². The van der Waals surface area contributed by atoms with Crippen LogP contribution in [-0.4, -0.2) is 11.8 Å². The van der Waals surface area contributed by atoms with Crippen LogP contribution in [0.4, 0.5) is 0 Å². The van der Waals surface area contributed by atoms with Crippen LogP contribution in [0.25, 0.3) is 0 Å². The molecule has 0 radical (unpaired) electrons. The number of halogens is 1. The molecule has 0 aliphatic heterocycles. The number of ether oxygens (including phenoxy) is 1. The minimum atomic E-state index is -0.367. The fourth-order valence-corrected chi connectivity index (χ4v) is 1.13. The van der Waals surface area contributed by atoms with Crippen LogP contribution in [0.3, 0.4) is 0 Å². The van der Waals surface area contributed by atoms with Crippen molar-refractivity contribution in [2.75, 3.05) is 6.61 Å². The van der Waals surface area contributed by atoms with E-state index in [0.717, 1.165) is 5.75 Å². The van der Waals surface area contributed by atoms with Gasteiger partial charge in [0.15, 0.2) is 0 Å². The van der Waals surface area contributed by atoms with Gasteiger partial charge < -0.3 is 4.74 Å². The average molecular weight is 213 g/mol. The topological polar surface area (TPSA) is 26.3 Å². The molecular formula is C11H13ClO2. The molecule has 0 spiro atoms. The Balaban J connectivity index is 2.51. The molecule has 0 saturated carbocycles. The summed E-state index contributed by atoms with van der Waals surface area (Å²) in [7, 11) is 0. The van der Waals surface area contributed by atoms with Crippen molar-refractivity contribution >= 4 is 16.8 Å². The molecule has 2 nitrogen and oxygen atoms in total. The second-order valence-electron chi connectivity index (χ2n) is 3.20. The van der Waals surface area contributed by atoms with Crippen molar-refractivity contribution in [2.24, 2.45) is 0 Å². The molecule has 0 N–H and O–H groups in total. The summed E-state index contributed by atoms with van der Waals surface area (Å²) in [5.74, 6) is 0.783. The molecule has 3 heteroatoms. The van der Waals surface area contributed by atoms with Gasteiger partial charge in [-0.3, -0.25) is 4.79 Å². The van der Waals surface area contributed by atoms with Crippen molar-refractivity contribution in [3.63, 3.8) is 0 Å². The monoisotopic (exact) mass is 212 g/mol. The second kappa shape index (κ2) is 5.01. The Labute approximate surface area is 88.8 Å². The molecule has 0 aliphatic carbocycles. The van der Waals surface area contributed by atoms with E-state index in [1.165, 1.54) is 11.1 Å². The van der Waals surface area contributed by atoms with E-state index in [9.17, 15) is 4.79 Å². The molecule has 0 aliphatic rings. The SMILES string of the molecule is Cc1ccc(OCCC(=O)Cl)cc1C. The highest BCUT2D eigenvalue weighted by Crippen LogP contribution is 2.16. The van der Waals surface area contributed by atoms with Gasteiger partial charge in [0.1, 0.15) is 5.75 Å². The molecule has 0 unspecified atom stereocenters. The van der Waals surface area contributed by atoms with E-state index >= 15 is 0 Å². The number of aryl methyl sites for hydroxylation is 2. The zero-order valence-corrected chi connectivity index (χ0v) is 9.10. The summed E-state index contributed by atoms with van der Waals surface area (Å²) in [6.07, 6.45) is 0.245. The maximum atomic E-state index is 10.4. The van der Waals surface area contributed by atoms with Gasteiger partial charge in [-0.1, -0.05) is 6.07 Å². The fraction of sp³-hybridized carbons (Fsp3) is 0.364. The lowest BCUT2D eigenvalue weighted by Gasteiger charge is -2.06. The lowest BCUT2D eigenvalue weighted by molar-refractivity contribution is -0.112. The predicted octanol–water partition coefficient (Wildman–Crippen LogP) is 2.84. The normalized spacial score (nSPS) is 9.93. The highest BCUT2D eigenvalue weighted by molar-refractivity contribution is 6.63. The molecule has 1 aromatic carbocycles. The van der Waals surface area contributed by atoms with E-state index < -0.39 is 0 Å². The first-order valence-corrected chi connectivity index (χ1v) is 4.86. The highest BCUT2D eigenvalue weighted by Gasteiger charge is 1.99. The Bertz CT molecular complexity index is 334. The van der Waals surface area contributed by atoms with Crippen molar-refractivity contribution in [1.82, 2.24) is 0 Å². The van der Waals surface area contributed by atoms with E-state index in [2.05, 4.69) is 0 Å². The first-order chi connectivity index (χ1) is 6.59. The molecule has 0 atom stereocenters. The quantitative estimate of drug-likeness (QED) is 0.718. The molecular weight excluding hydrogens is 200 g/mol. The van der Waals surface area contributed by atoms with Crippen LogP contribution >= 0.6 is 11.6 Å². The average Bonchev–Trinajstić information content (AvgIpc) is 2.10. The number of hydrogen-bond donors (Lipinski definition) is 0. The Hall–Kier alpha value is -1.02. The van der Waals surface area contributed by atoms with Crippen molar-refractivity contribution in [1.29, 1.82) is 0 Å². The maximum Gasteiger partial charge on any atom is 0.225 e. The number of hydrogen-bond acceptors (Lipinski definition) is 2. The van der Waals surface area contributed by atoms with Crippen LogP contribution in [0, 0.1) is 13.8 Å². The lowest BCUT2D eigenvalue weighted by Crippen LogP contribution is -2.01. The van der Waals surface area contributed by atoms with E-state index in [0.29, 0.717) is 6.61 Å². The van der Waals surface area contributed by atoms with Gasteiger partial charge >= 0.3 is 0 Å². The Kier molecular flexibility index (Phi) is 3.96. The molecule has 14 heavy (non-hydrogen) atoms. The molecule has 0 fully saturated rings. The Morgan fingerprint density at radius 2 is 2.07 bits per heavy atom. The lowest BCUT2D eigenvalue weighted by atomic mass is 10.1. The number of rotatable bonds is 4. The molecule has 0 heterocycles. The van der Waals surface area contributed by atoms with E-state index in [1.807, 2.05) is 32.0 Å². The smallest absolute Gasteiger partial charge is 0.225 e. The maximum absolute atomic E-state index is 10.4. The fourth-order valence-electron chi connectivity index (χ4n) is 1.05. The van der Waals surface area contributed by atoms with Crippen LogP contribution in [0.2, 0.25) is 0 Å². The molecule has 0 aromatic heterocycles. The van der Waals surface area contributed by atoms with Crippen LogP contribution in [0.1, 0.15) is 17.5 Å². The van der Waals surface area contributed by atoms with Crippen molar-refractivity contribution in [3.05, 3.63) is 29.3 Å². The van der Waals surface area contributed by atoms with E-state index in [-0.39, 0.29) is 11.7 Å². The minimum Gasteiger partial charge on any atom is -0.493 e. The number of carbonyl (C=O) groups is 1. The van der Waals surface area contributed by atoms with Gasteiger partial charge in [0.25, 0.3) is 0 Å². The zero-order chi connectivity index (χ0) is 10.6. The first kappa shape index (κ1) is 11.1. The molecule has 1 aromatic rings. The molecule has 0 saturated heterocycles. The summed E-state index contributed by atoms with van der Waals surface area (Å²) < 4.78 is 5.35. The predicted molar refractivity (Wildman–Crippen MR) is 56.9 cm³/mol. The van der Waals surface area contributed by atoms with Crippen LogP contribution in [0.5, 0.6) is 5.75 Å². The number of carbonyl (C=O) groups excluding carboxylic acids is 1. The van der Waals surface area contributed by atoms with E-state index in [1.54, 1.807) is 0 Å². The van der Waals surface area contributed by atoms with Gasteiger partial charge in [0, 0.05) is 0 Å². The third kappa shape index (κ3) is 3.38. The van der Waals surface area contributed by atoms with Gasteiger partial charge in [0.2, 0.25) is 5.24 Å². The van der Waals surface area contributed by atoms with Gasteiger partial charge in [-0.15, -0.1) is 0 Å². The first-order valence-electron chi connectivity index (χ1n) is 4.48. The van der Waals surface area contributed by atoms with Crippen LogP contribution < -0.4 is 4.74 Å². The highest BCUT2D eigenvalue weighted by atomic mass is 35.5. The molecule has 1 rings (SSSR count). The third-order valence-corrected chi connectivity index (χ3v) is 2.23. The summed E-state index contributed by atoms with van der Waals surface area (Å²) in [6.45, 7) is 4.40. The van der Waals surface area contributed by atoms with Gasteiger partial charge in [-0.2, -0.15) is 0 Å². The Morgan fingerprint density at radius 3 is 2.64 bits per heavy atom. The Morgan fingerprint density at radius 1 is 1.36 bits per heavy atom. The van der Waals surface area contributed by atoms with Crippen LogP contribution in [-0.2, 0) is 4.79 Å².